The number of hydrogen-bond donors (Lipinski definition) is 3. The zero-order chi connectivity index (χ0) is 57.8. The van der Waals surface area contributed by atoms with Gasteiger partial charge in [0, 0.05) is 12.8 Å². The molecule has 0 bridgehead atoms. The number of aliphatic hydroxyl groups is 2. The Morgan fingerprint density at radius 3 is 0.963 bits per heavy atom. The number of amides is 1. The van der Waals surface area contributed by atoms with E-state index in [0.717, 1.165) is 51.4 Å². The fourth-order valence-corrected chi connectivity index (χ4v) is 11.4. The van der Waals surface area contributed by atoms with Crippen molar-refractivity contribution >= 4 is 11.9 Å². The van der Waals surface area contributed by atoms with Crippen molar-refractivity contribution in [3.63, 3.8) is 0 Å². The number of ether oxygens (including phenoxy) is 1. The lowest BCUT2D eigenvalue weighted by atomic mass is 10.0. The first-order valence-corrected chi connectivity index (χ1v) is 36.2. The Morgan fingerprint density at radius 1 is 0.350 bits per heavy atom. The smallest absolute Gasteiger partial charge is 0.305 e. The minimum Gasteiger partial charge on any atom is -0.466 e. The van der Waals surface area contributed by atoms with Crippen LogP contribution >= 0.6 is 0 Å². The third-order valence-electron chi connectivity index (χ3n) is 16.9. The number of aliphatic hydroxyl groups excluding tert-OH is 2. The van der Waals surface area contributed by atoms with E-state index in [-0.39, 0.29) is 18.5 Å². The van der Waals surface area contributed by atoms with E-state index in [4.69, 9.17) is 4.74 Å². The third-order valence-corrected chi connectivity index (χ3v) is 16.9. The number of unbranched alkanes of at least 4 members (excludes halogenated alkanes) is 51. The first-order valence-electron chi connectivity index (χ1n) is 36.2. The molecule has 0 aromatic carbocycles. The van der Waals surface area contributed by atoms with Crippen molar-refractivity contribution < 1.29 is 24.5 Å². The molecule has 0 aliphatic rings. The Bertz CT molecular complexity index is 1300. The van der Waals surface area contributed by atoms with Crippen molar-refractivity contribution in [1.82, 2.24) is 5.32 Å². The Balaban J connectivity index is 3.41. The Hall–Kier alpha value is -1.92. The molecule has 0 saturated carbocycles. The van der Waals surface area contributed by atoms with Crippen molar-refractivity contribution in [1.29, 1.82) is 0 Å². The molecule has 0 aliphatic carbocycles. The van der Waals surface area contributed by atoms with Crippen LogP contribution in [0.2, 0.25) is 0 Å². The van der Waals surface area contributed by atoms with E-state index in [9.17, 15) is 19.8 Å². The lowest BCUT2D eigenvalue weighted by Crippen LogP contribution is -2.45. The molecule has 0 saturated heterocycles. The maximum Gasteiger partial charge on any atom is 0.305 e. The molecule has 0 fully saturated rings. The molecule has 0 heterocycles. The molecule has 0 aromatic rings. The van der Waals surface area contributed by atoms with Gasteiger partial charge >= 0.3 is 5.97 Å². The van der Waals surface area contributed by atoms with E-state index in [1.165, 1.54) is 315 Å². The highest BCUT2D eigenvalue weighted by molar-refractivity contribution is 5.76. The van der Waals surface area contributed by atoms with Gasteiger partial charge in [-0.1, -0.05) is 339 Å². The van der Waals surface area contributed by atoms with Crippen molar-refractivity contribution in [2.24, 2.45) is 0 Å². The molecule has 6 nitrogen and oxygen atoms in total. The topological polar surface area (TPSA) is 95.9 Å². The van der Waals surface area contributed by atoms with Crippen LogP contribution in [0, 0.1) is 0 Å². The van der Waals surface area contributed by atoms with E-state index in [0.29, 0.717) is 25.9 Å². The van der Waals surface area contributed by atoms with Crippen LogP contribution in [-0.4, -0.2) is 47.4 Å². The molecule has 0 rings (SSSR count). The number of carbonyl (C=O) groups is 2. The minimum absolute atomic E-state index is 0.00836. The fourth-order valence-electron chi connectivity index (χ4n) is 11.4. The van der Waals surface area contributed by atoms with Gasteiger partial charge in [-0.3, -0.25) is 9.59 Å². The highest BCUT2D eigenvalue weighted by Crippen LogP contribution is 2.19. The van der Waals surface area contributed by atoms with Gasteiger partial charge in [-0.2, -0.15) is 0 Å². The van der Waals surface area contributed by atoms with Crippen LogP contribution < -0.4 is 5.32 Å². The molecule has 1 amide bonds. The van der Waals surface area contributed by atoms with Crippen LogP contribution in [-0.2, 0) is 14.3 Å². The molecule has 3 N–H and O–H groups in total. The normalized spacial score (nSPS) is 12.7. The number of esters is 1. The zero-order valence-corrected chi connectivity index (χ0v) is 54.1. The van der Waals surface area contributed by atoms with Crippen LogP contribution in [0.15, 0.2) is 36.5 Å². The van der Waals surface area contributed by atoms with Crippen molar-refractivity contribution in [2.45, 2.75) is 411 Å². The highest BCUT2D eigenvalue weighted by Gasteiger charge is 2.20. The molecule has 472 valence electrons. The van der Waals surface area contributed by atoms with E-state index in [1.807, 2.05) is 0 Å². The summed E-state index contributed by atoms with van der Waals surface area (Å²) in [6.45, 7) is 4.98. The van der Waals surface area contributed by atoms with Gasteiger partial charge in [0.1, 0.15) is 0 Å². The standard InChI is InChI=1S/C74H141NO5/c1-3-5-7-9-11-13-15-17-19-21-34-38-42-46-50-54-58-62-66-72(77)71(70-76)75-73(78)67-63-59-55-51-47-43-39-35-32-30-28-26-24-23-25-27-29-31-33-37-41-45-49-53-57-61-65-69-80-74(79)68-64-60-56-52-48-44-40-36-22-20-18-16-14-12-10-8-6-4-2/h20,22-24,27,29,71-72,76-77H,3-19,21,25-26,28,30-70H2,1-2H3,(H,75,78)/b22-20-,24-23-,29-27-. The summed E-state index contributed by atoms with van der Waals surface area (Å²) in [5, 5.41) is 23.4. The number of allylic oxidation sites excluding steroid dienone is 6. The van der Waals surface area contributed by atoms with Gasteiger partial charge in [0.2, 0.25) is 5.91 Å². The average molecular weight is 1120 g/mol. The minimum atomic E-state index is -0.667. The lowest BCUT2D eigenvalue weighted by molar-refractivity contribution is -0.143. The Morgan fingerprint density at radius 2 is 0.625 bits per heavy atom. The van der Waals surface area contributed by atoms with E-state index >= 15 is 0 Å². The molecule has 0 spiro atoms. The van der Waals surface area contributed by atoms with Gasteiger partial charge in [-0.25, -0.2) is 0 Å². The van der Waals surface area contributed by atoms with Crippen molar-refractivity contribution in [3.8, 4) is 0 Å². The van der Waals surface area contributed by atoms with Gasteiger partial charge in [0.15, 0.2) is 0 Å². The SMILES string of the molecule is CCCCCCCCC/C=C\CCCCCCCCCC(=O)OCCCCCCCCCCC/C=C\C/C=C\CCCCCCCCCCCCCC(=O)NC(CO)C(O)CCCCCCCCCCCCCCCCCCCC. The van der Waals surface area contributed by atoms with Gasteiger partial charge in [-0.05, 0) is 83.5 Å². The maximum atomic E-state index is 12.5. The quantitative estimate of drug-likeness (QED) is 0.0320. The van der Waals surface area contributed by atoms with Crippen LogP contribution in [0.25, 0.3) is 0 Å². The molecular weight excluding hydrogens is 983 g/mol. The molecular formula is C74H141NO5. The summed E-state index contributed by atoms with van der Waals surface area (Å²) in [7, 11) is 0. The Kier molecular flexibility index (Phi) is 67.9. The summed E-state index contributed by atoms with van der Waals surface area (Å²) in [5.41, 5.74) is 0. The molecule has 2 unspecified atom stereocenters. The number of hydrogen-bond acceptors (Lipinski definition) is 5. The largest absolute Gasteiger partial charge is 0.466 e. The summed E-state index contributed by atoms with van der Waals surface area (Å²) in [6, 6.07) is -0.545. The molecule has 0 aromatic heterocycles. The second kappa shape index (κ2) is 69.6. The van der Waals surface area contributed by atoms with Gasteiger partial charge in [0.05, 0.1) is 25.4 Å². The fraction of sp³-hybridized carbons (Fsp3) is 0.892. The molecule has 6 heteroatoms. The van der Waals surface area contributed by atoms with Gasteiger partial charge < -0.3 is 20.3 Å². The average Bonchev–Trinajstić information content (AvgIpc) is 3.46. The number of carbonyl (C=O) groups excluding carboxylic acids is 2. The molecule has 0 aliphatic heterocycles. The highest BCUT2D eigenvalue weighted by atomic mass is 16.5. The van der Waals surface area contributed by atoms with E-state index in [1.54, 1.807) is 0 Å². The first kappa shape index (κ1) is 78.1. The predicted molar refractivity (Wildman–Crippen MR) is 352 cm³/mol. The summed E-state index contributed by atoms with van der Waals surface area (Å²) in [4.78, 5) is 24.6. The number of nitrogens with one attached hydrogen (secondary N) is 1. The summed E-state index contributed by atoms with van der Waals surface area (Å²) in [5.74, 6) is -0.0265. The van der Waals surface area contributed by atoms with E-state index < -0.39 is 12.1 Å². The van der Waals surface area contributed by atoms with Crippen molar-refractivity contribution in [2.75, 3.05) is 13.2 Å². The summed E-state index contributed by atoms with van der Waals surface area (Å²) >= 11 is 0. The Labute approximate surface area is 500 Å². The molecule has 0 radical (unpaired) electrons. The maximum absolute atomic E-state index is 12.5. The second-order valence-electron chi connectivity index (χ2n) is 24.9. The van der Waals surface area contributed by atoms with Crippen LogP contribution in [0.1, 0.15) is 399 Å². The lowest BCUT2D eigenvalue weighted by Gasteiger charge is -2.22. The monoisotopic (exact) mass is 1120 g/mol. The van der Waals surface area contributed by atoms with Gasteiger partial charge in [-0.15, -0.1) is 0 Å². The van der Waals surface area contributed by atoms with Crippen molar-refractivity contribution in [3.05, 3.63) is 36.5 Å². The summed E-state index contributed by atoms with van der Waals surface area (Å²) < 4.78 is 5.50. The second-order valence-corrected chi connectivity index (χ2v) is 24.9. The molecule has 2 atom stereocenters. The van der Waals surface area contributed by atoms with Crippen LogP contribution in [0.4, 0.5) is 0 Å². The summed E-state index contributed by atoms with van der Waals surface area (Å²) in [6.07, 6.45) is 89.1. The number of rotatable bonds is 68. The van der Waals surface area contributed by atoms with Gasteiger partial charge in [0.25, 0.3) is 0 Å². The molecule has 80 heavy (non-hydrogen) atoms. The zero-order valence-electron chi connectivity index (χ0n) is 54.1. The van der Waals surface area contributed by atoms with Crippen LogP contribution in [0.3, 0.4) is 0 Å². The van der Waals surface area contributed by atoms with Crippen LogP contribution in [0.5, 0.6) is 0 Å². The first-order chi connectivity index (χ1) is 39.5. The predicted octanol–water partition coefficient (Wildman–Crippen LogP) is 23.5. The third kappa shape index (κ3) is 65.2. The van der Waals surface area contributed by atoms with E-state index in [2.05, 4.69) is 55.6 Å².